The van der Waals surface area contributed by atoms with Gasteiger partial charge in [0.2, 0.25) is 5.43 Å². The Balaban J connectivity index is 1.78. The Morgan fingerprint density at radius 2 is 1.87 bits per heavy atom. The zero-order valence-electron chi connectivity index (χ0n) is 16.8. The van der Waals surface area contributed by atoms with E-state index >= 15 is 0 Å². The van der Waals surface area contributed by atoms with Crippen molar-refractivity contribution >= 4 is 28.3 Å². The number of carbonyl (C=O) groups excluding carboxylic acids is 1. The molecule has 6 nitrogen and oxygen atoms in total. The minimum absolute atomic E-state index is 0.176. The van der Waals surface area contributed by atoms with Crippen LogP contribution in [0, 0.1) is 0 Å². The molecule has 0 bridgehead atoms. The van der Waals surface area contributed by atoms with Crippen LogP contribution < -0.4 is 19.6 Å². The second-order valence-electron chi connectivity index (χ2n) is 7.19. The van der Waals surface area contributed by atoms with Gasteiger partial charge < -0.3 is 18.6 Å². The van der Waals surface area contributed by atoms with Crippen LogP contribution in [0.1, 0.15) is 23.5 Å². The second-order valence-corrected chi connectivity index (χ2v) is 7.97. The SMILES string of the molecule is COc1ccc(-c2coc3c4c(cc(OC)c3c2=O)OC(=O)C[C@H]4c2ccsc2)cc1. The molecule has 2 aromatic carbocycles. The monoisotopic (exact) mass is 434 g/mol. The average Bonchev–Trinajstić information content (AvgIpc) is 3.33. The summed E-state index contributed by atoms with van der Waals surface area (Å²) >= 11 is 1.55. The van der Waals surface area contributed by atoms with E-state index in [2.05, 4.69) is 0 Å². The third-order valence-electron chi connectivity index (χ3n) is 5.52. The lowest BCUT2D eigenvalue weighted by atomic mass is 9.86. The van der Waals surface area contributed by atoms with Crippen LogP contribution >= 0.6 is 11.3 Å². The summed E-state index contributed by atoms with van der Waals surface area (Å²) < 4.78 is 22.2. The van der Waals surface area contributed by atoms with Crippen LogP contribution in [0.4, 0.5) is 0 Å². The van der Waals surface area contributed by atoms with Crippen molar-refractivity contribution in [3.8, 4) is 28.4 Å². The molecule has 0 saturated heterocycles. The number of thiophene rings is 1. The molecule has 0 fully saturated rings. The van der Waals surface area contributed by atoms with Crippen LogP contribution in [-0.2, 0) is 4.79 Å². The fraction of sp³-hybridized carbons (Fsp3) is 0.167. The molecule has 4 aromatic rings. The highest BCUT2D eigenvalue weighted by atomic mass is 32.1. The molecule has 0 amide bonds. The van der Waals surface area contributed by atoms with Gasteiger partial charge in [0.05, 0.1) is 26.2 Å². The number of hydrogen-bond acceptors (Lipinski definition) is 7. The van der Waals surface area contributed by atoms with Gasteiger partial charge in [-0.05, 0) is 40.1 Å². The molecule has 156 valence electrons. The van der Waals surface area contributed by atoms with E-state index in [0.29, 0.717) is 44.9 Å². The molecule has 5 rings (SSSR count). The van der Waals surface area contributed by atoms with Crippen molar-refractivity contribution in [2.24, 2.45) is 0 Å². The van der Waals surface area contributed by atoms with E-state index in [-0.39, 0.29) is 23.7 Å². The lowest BCUT2D eigenvalue weighted by Crippen LogP contribution is -2.22. The highest BCUT2D eigenvalue weighted by molar-refractivity contribution is 7.08. The standard InChI is InChI=1S/C24H18O6S/c1-27-15-5-3-13(4-6-15)17-11-29-24-21-16(14-7-8-31-12-14)9-20(25)30-19(21)10-18(28-2)22(24)23(17)26/h3-8,10-12,16H,9H2,1-2H3/t16-/m0/s1. The maximum absolute atomic E-state index is 13.5. The van der Waals surface area contributed by atoms with Gasteiger partial charge >= 0.3 is 5.97 Å². The molecule has 0 radical (unpaired) electrons. The molecule has 0 unspecified atom stereocenters. The van der Waals surface area contributed by atoms with Gasteiger partial charge in [-0.3, -0.25) is 9.59 Å². The van der Waals surface area contributed by atoms with Crippen LogP contribution in [0.15, 0.2) is 62.6 Å². The first-order valence-electron chi connectivity index (χ1n) is 9.64. The third kappa shape index (κ3) is 3.18. The second kappa shape index (κ2) is 7.59. The van der Waals surface area contributed by atoms with Crippen molar-refractivity contribution in [3.05, 3.63) is 74.8 Å². The van der Waals surface area contributed by atoms with Crippen LogP contribution in [0.2, 0.25) is 0 Å². The molecule has 1 aliphatic heterocycles. The zero-order valence-corrected chi connectivity index (χ0v) is 17.7. The first kappa shape index (κ1) is 19.4. The molecule has 0 spiro atoms. The van der Waals surface area contributed by atoms with Gasteiger partial charge in [-0.1, -0.05) is 12.1 Å². The molecule has 2 aromatic heterocycles. The van der Waals surface area contributed by atoms with Gasteiger partial charge in [0.25, 0.3) is 0 Å². The van der Waals surface area contributed by atoms with E-state index in [1.807, 2.05) is 16.8 Å². The van der Waals surface area contributed by atoms with E-state index in [9.17, 15) is 9.59 Å². The lowest BCUT2D eigenvalue weighted by molar-refractivity contribution is -0.135. The van der Waals surface area contributed by atoms with Crippen LogP contribution in [-0.4, -0.2) is 20.2 Å². The molecular formula is C24H18O6S. The van der Waals surface area contributed by atoms with Crippen molar-refractivity contribution < 1.29 is 23.4 Å². The van der Waals surface area contributed by atoms with E-state index in [0.717, 1.165) is 5.56 Å². The van der Waals surface area contributed by atoms with Gasteiger partial charge in [-0.25, -0.2) is 0 Å². The predicted octanol–water partition coefficient (Wildman–Crippen LogP) is 4.98. The minimum Gasteiger partial charge on any atom is -0.497 e. The molecule has 3 heterocycles. The highest BCUT2D eigenvalue weighted by Crippen LogP contribution is 2.46. The number of methoxy groups -OCH3 is 2. The number of benzene rings is 2. The van der Waals surface area contributed by atoms with Gasteiger partial charge in [-0.15, -0.1) is 0 Å². The van der Waals surface area contributed by atoms with Crippen LogP contribution in [0.25, 0.3) is 22.1 Å². The van der Waals surface area contributed by atoms with Gasteiger partial charge in [0, 0.05) is 17.5 Å². The van der Waals surface area contributed by atoms with E-state index < -0.39 is 0 Å². The van der Waals surface area contributed by atoms with Gasteiger partial charge in [0.15, 0.2) is 0 Å². The van der Waals surface area contributed by atoms with E-state index in [1.54, 1.807) is 48.8 Å². The Kier molecular flexibility index (Phi) is 4.75. The number of hydrogen-bond donors (Lipinski definition) is 0. The van der Waals surface area contributed by atoms with E-state index in [4.69, 9.17) is 18.6 Å². The quantitative estimate of drug-likeness (QED) is 0.333. The smallest absolute Gasteiger partial charge is 0.312 e. The van der Waals surface area contributed by atoms with Crippen LogP contribution in [0.3, 0.4) is 0 Å². The fourth-order valence-corrected chi connectivity index (χ4v) is 4.72. The van der Waals surface area contributed by atoms with Crippen molar-refractivity contribution in [3.63, 3.8) is 0 Å². The molecule has 0 saturated carbocycles. The topological polar surface area (TPSA) is 75.0 Å². The third-order valence-corrected chi connectivity index (χ3v) is 6.22. The number of fused-ring (bicyclic) bond motifs is 3. The minimum atomic E-state index is -0.331. The van der Waals surface area contributed by atoms with Gasteiger partial charge in [-0.2, -0.15) is 11.3 Å². The normalized spacial score (nSPS) is 15.4. The van der Waals surface area contributed by atoms with Crippen molar-refractivity contribution in [2.45, 2.75) is 12.3 Å². The summed E-state index contributed by atoms with van der Waals surface area (Å²) in [6.07, 6.45) is 1.63. The van der Waals surface area contributed by atoms with Crippen LogP contribution in [0.5, 0.6) is 17.2 Å². The summed E-state index contributed by atoms with van der Waals surface area (Å²) in [6.45, 7) is 0. The van der Waals surface area contributed by atoms with Crippen molar-refractivity contribution in [1.82, 2.24) is 0 Å². The summed E-state index contributed by atoms with van der Waals surface area (Å²) in [6, 6.07) is 10.8. The Hall–Kier alpha value is -3.58. The predicted molar refractivity (Wildman–Crippen MR) is 117 cm³/mol. The van der Waals surface area contributed by atoms with E-state index in [1.165, 1.54) is 13.4 Å². The number of esters is 1. The molecule has 31 heavy (non-hydrogen) atoms. The van der Waals surface area contributed by atoms with Crippen molar-refractivity contribution in [1.29, 1.82) is 0 Å². The number of carbonyl (C=O) groups is 1. The summed E-state index contributed by atoms with van der Waals surface area (Å²) in [5, 5.41) is 4.28. The Morgan fingerprint density at radius 3 is 2.55 bits per heavy atom. The molecule has 1 aliphatic rings. The largest absolute Gasteiger partial charge is 0.497 e. The summed E-state index contributed by atoms with van der Waals surface area (Å²) in [7, 11) is 3.06. The Bertz CT molecular complexity index is 1340. The lowest BCUT2D eigenvalue weighted by Gasteiger charge is -2.25. The molecule has 0 N–H and O–H groups in total. The molecule has 1 atom stereocenters. The number of rotatable bonds is 4. The molecule has 0 aliphatic carbocycles. The zero-order chi connectivity index (χ0) is 21.5. The Morgan fingerprint density at radius 1 is 1.06 bits per heavy atom. The van der Waals surface area contributed by atoms with Gasteiger partial charge in [0.1, 0.15) is 34.5 Å². The summed E-state index contributed by atoms with van der Waals surface area (Å²) in [4.78, 5) is 25.8. The summed E-state index contributed by atoms with van der Waals surface area (Å²) in [5.74, 6) is 0.767. The molecular weight excluding hydrogens is 416 g/mol. The molecule has 7 heteroatoms. The number of ether oxygens (including phenoxy) is 3. The average molecular weight is 434 g/mol. The summed E-state index contributed by atoms with van der Waals surface area (Å²) in [5.41, 5.74) is 2.95. The first-order valence-corrected chi connectivity index (χ1v) is 10.6. The van der Waals surface area contributed by atoms with Crippen molar-refractivity contribution in [2.75, 3.05) is 14.2 Å². The maximum atomic E-state index is 13.5. The fourth-order valence-electron chi connectivity index (χ4n) is 4.01. The highest BCUT2D eigenvalue weighted by Gasteiger charge is 2.34. The maximum Gasteiger partial charge on any atom is 0.312 e. The first-order chi connectivity index (χ1) is 15.1. The Labute approximate surface area is 181 Å².